The fourth-order valence-corrected chi connectivity index (χ4v) is 1.52. The number of carbonyl (C=O) groups excluding carboxylic acids is 1. The highest BCUT2D eigenvalue weighted by molar-refractivity contribution is 6.08. The monoisotopic (exact) mass is 190 g/mol. The first-order valence-electron chi connectivity index (χ1n) is 4.18. The maximum atomic E-state index is 11.1. The number of methoxy groups -OCH3 is 1. The van der Waals surface area contributed by atoms with Crippen LogP contribution >= 0.6 is 0 Å². The molecule has 1 amide bonds. The van der Waals surface area contributed by atoms with Crippen molar-refractivity contribution < 1.29 is 9.53 Å². The van der Waals surface area contributed by atoms with Crippen molar-refractivity contribution in [2.24, 2.45) is 5.73 Å². The van der Waals surface area contributed by atoms with Gasteiger partial charge in [-0.05, 0) is 12.1 Å². The van der Waals surface area contributed by atoms with Gasteiger partial charge in [-0.25, -0.2) is 0 Å². The molecule has 2 aromatic rings. The number of primary amides is 1. The van der Waals surface area contributed by atoms with Crippen molar-refractivity contribution in [2.75, 3.05) is 7.11 Å². The second-order valence-corrected chi connectivity index (χ2v) is 2.95. The molecular weight excluding hydrogens is 180 g/mol. The number of benzene rings is 1. The Morgan fingerprint density at radius 2 is 2.29 bits per heavy atom. The smallest absolute Gasteiger partial charge is 0.251 e. The average molecular weight is 190 g/mol. The van der Waals surface area contributed by atoms with E-state index in [1.165, 1.54) is 0 Å². The molecule has 4 heteroatoms. The Morgan fingerprint density at radius 3 is 2.93 bits per heavy atom. The third-order valence-corrected chi connectivity index (χ3v) is 2.15. The lowest BCUT2D eigenvalue weighted by Crippen LogP contribution is -2.10. The number of hydrogen-bond donors (Lipinski definition) is 2. The summed E-state index contributed by atoms with van der Waals surface area (Å²) in [6.07, 6.45) is 1.59. The molecule has 0 saturated carbocycles. The fourth-order valence-electron chi connectivity index (χ4n) is 1.52. The zero-order valence-electron chi connectivity index (χ0n) is 7.70. The zero-order chi connectivity index (χ0) is 10.1. The summed E-state index contributed by atoms with van der Waals surface area (Å²) in [6.45, 7) is 0. The van der Waals surface area contributed by atoms with Crippen LogP contribution in [0.3, 0.4) is 0 Å². The highest BCUT2D eigenvalue weighted by Crippen LogP contribution is 2.27. The van der Waals surface area contributed by atoms with Crippen LogP contribution in [-0.4, -0.2) is 18.0 Å². The van der Waals surface area contributed by atoms with E-state index in [0.29, 0.717) is 11.3 Å². The van der Waals surface area contributed by atoms with E-state index in [1.54, 1.807) is 19.4 Å². The molecule has 0 atom stereocenters. The van der Waals surface area contributed by atoms with Gasteiger partial charge in [0.25, 0.3) is 5.91 Å². The molecule has 0 radical (unpaired) electrons. The first-order valence-corrected chi connectivity index (χ1v) is 4.18. The van der Waals surface area contributed by atoms with Crippen LogP contribution < -0.4 is 10.5 Å². The Balaban J connectivity index is 2.81. The molecule has 0 aliphatic rings. The number of aromatic nitrogens is 1. The maximum Gasteiger partial charge on any atom is 0.251 e. The van der Waals surface area contributed by atoms with E-state index >= 15 is 0 Å². The lowest BCUT2D eigenvalue weighted by atomic mass is 10.1. The fraction of sp³-hybridized carbons (Fsp3) is 0.100. The third-order valence-electron chi connectivity index (χ3n) is 2.15. The molecular formula is C10H10N2O2. The molecule has 2 rings (SSSR count). The van der Waals surface area contributed by atoms with Gasteiger partial charge < -0.3 is 15.5 Å². The van der Waals surface area contributed by atoms with Gasteiger partial charge in [0.2, 0.25) is 0 Å². The van der Waals surface area contributed by atoms with Crippen molar-refractivity contribution in [3.63, 3.8) is 0 Å². The van der Waals surface area contributed by atoms with Crippen LogP contribution in [0, 0.1) is 0 Å². The Hall–Kier alpha value is -1.97. The molecule has 0 unspecified atom stereocenters. The van der Waals surface area contributed by atoms with Crippen LogP contribution in [0.15, 0.2) is 24.4 Å². The number of fused-ring (bicyclic) bond motifs is 1. The van der Waals surface area contributed by atoms with Gasteiger partial charge in [-0.2, -0.15) is 0 Å². The van der Waals surface area contributed by atoms with E-state index in [4.69, 9.17) is 10.5 Å². The lowest BCUT2D eigenvalue weighted by Gasteiger charge is -2.02. The first-order chi connectivity index (χ1) is 6.74. The topological polar surface area (TPSA) is 68.1 Å². The van der Waals surface area contributed by atoms with Crippen molar-refractivity contribution in [1.82, 2.24) is 4.98 Å². The Morgan fingerprint density at radius 1 is 1.50 bits per heavy atom. The summed E-state index contributed by atoms with van der Waals surface area (Å²) in [5.41, 5.74) is 6.53. The molecule has 1 heterocycles. The third kappa shape index (κ3) is 1.12. The molecule has 14 heavy (non-hydrogen) atoms. The predicted octanol–water partition coefficient (Wildman–Crippen LogP) is 1.28. The van der Waals surface area contributed by atoms with E-state index in [9.17, 15) is 4.79 Å². The Bertz CT molecular complexity index is 488. The molecule has 0 fully saturated rings. The average Bonchev–Trinajstić information content (AvgIpc) is 2.60. The van der Waals surface area contributed by atoms with Gasteiger partial charge in [-0.15, -0.1) is 0 Å². The van der Waals surface area contributed by atoms with Gasteiger partial charge in [-0.1, -0.05) is 6.07 Å². The van der Waals surface area contributed by atoms with Crippen LogP contribution in [-0.2, 0) is 0 Å². The summed E-state index contributed by atoms with van der Waals surface area (Å²) < 4.78 is 5.15. The lowest BCUT2D eigenvalue weighted by molar-refractivity contribution is 0.100. The van der Waals surface area contributed by atoms with Gasteiger partial charge in [0.15, 0.2) is 0 Å². The van der Waals surface area contributed by atoms with Gasteiger partial charge in [0.1, 0.15) is 5.75 Å². The number of hydrogen-bond acceptors (Lipinski definition) is 2. The van der Waals surface area contributed by atoms with E-state index < -0.39 is 5.91 Å². The summed E-state index contributed by atoms with van der Waals surface area (Å²) in [6, 6.07) is 5.51. The van der Waals surface area contributed by atoms with Crippen LogP contribution in [0.2, 0.25) is 0 Å². The minimum Gasteiger partial charge on any atom is -0.496 e. The number of amides is 1. The van der Waals surface area contributed by atoms with Crippen molar-refractivity contribution in [2.45, 2.75) is 0 Å². The summed E-state index contributed by atoms with van der Waals surface area (Å²) in [5.74, 6) is 0.193. The Kier molecular flexibility index (Phi) is 1.89. The molecule has 0 aliphatic carbocycles. The molecule has 0 spiro atoms. The summed E-state index contributed by atoms with van der Waals surface area (Å²) >= 11 is 0. The predicted molar refractivity (Wildman–Crippen MR) is 53.4 cm³/mol. The number of ether oxygens (including phenoxy) is 1. The van der Waals surface area contributed by atoms with Crippen molar-refractivity contribution in [1.29, 1.82) is 0 Å². The zero-order valence-corrected chi connectivity index (χ0v) is 7.70. The van der Waals surface area contributed by atoms with Gasteiger partial charge in [0, 0.05) is 11.7 Å². The van der Waals surface area contributed by atoms with E-state index in [0.717, 1.165) is 10.9 Å². The van der Waals surface area contributed by atoms with Crippen LogP contribution in [0.1, 0.15) is 10.4 Å². The highest BCUT2D eigenvalue weighted by atomic mass is 16.5. The summed E-state index contributed by atoms with van der Waals surface area (Å²) in [5, 5.41) is 0.738. The molecule has 72 valence electrons. The summed E-state index contributed by atoms with van der Waals surface area (Å²) in [4.78, 5) is 14.1. The maximum absolute atomic E-state index is 11.1. The molecule has 1 aromatic heterocycles. The SMILES string of the molecule is COc1cccc2[nH]cc(C(N)=O)c12. The second kappa shape index (κ2) is 3.06. The van der Waals surface area contributed by atoms with Gasteiger partial charge in [-0.3, -0.25) is 4.79 Å². The normalized spacial score (nSPS) is 10.4. The number of rotatable bonds is 2. The van der Waals surface area contributed by atoms with Crippen LogP contribution in [0.4, 0.5) is 0 Å². The molecule has 1 aromatic carbocycles. The first kappa shape index (κ1) is 8.62. The van der Waals surface area contributed by atoms with Gasteiger partial charge >= 0.3 is 0 Å². The van der Waals surface area contributed by atoms with Crippen LogP contribution in [0.5, 0.6) is 5.75 Å². The van der Waals surface area contributed by atoms with Crippen molar-refractivity contribution in [3.05, 3.63) is 30.0 Å². The number of aromatic amines is 1. The molecule has 3 N–H and O–H groups in total. The minimum atomic E-state index is -0.458. The molecule has 0 bridgehead atoms. The van der Waals surface area contributed by atoms with E-state index in [2.05, 4.69) is 4.98 Å². The van der Waals surface area contributed by atoms with E-state index in [1.807, 2.05) is 12.1 Å². The second-order valence-electron chi connectivity index (χ2n) is 2.95. The quantitative estimate of drug-likeness (QED) is 0.748. The number of carbonyl (C=O) groups is 1. The van der Waals surface area contributed by atoms with Crippen molar-refractivity contribution in [3.8, 4) is 5.75 Å². The minimum absolute atomic E-state index is 0.456. The Labute approximate surface area is 80.7 Å². The van der Waals surface area contributed by atoms with E-state index in [-0.39, 0.29) is 0 Å². The molecule has 0 saturated heterocycles. The summed E-state index contributed by atoms with van der Waals surface area (Å²) in [7, 11) is 1.56. The van der Waals surface area contributed by atoms with Crippen LogP contribution in [0.25, 0.3) is 10.9 Å². The number of nitrogens with one attached hydrogen (secondary N) is 1. The largest absolute Gasteiger partial charge is 0.496 e. The number of nitrogens with two attached hydrogens (primary N) is 1. The number of H-pyrrole nitrogens is 1. The van der Waals surface area contributed by atoms with Crippen molar-refractivity contribution >= 4 is 16.8 Å². The van der Waals surface area contributed by atoms with Gasteiger partial charge in [0.05, 0.1) is 18.1 Å². The molecule has 4 nitrogen and oxygen atoms in total. The standard InChI is InChI=1S/C10H10N2O2/c1-14-8-4-2-3-7-9(8)6(5-12-7)10(11)13/h2-5,12H,1H3,(H2,11,13). The highest BCUT2D eigenvalue weighted by Gasteiger charge is 2.12. The molecule has 0 aliphatic heterocycles.